The molecule has 3 amide bonds. The van der Waals surface area contributed by atoms with Crippen LogP contribution in [0.25, 0.3) is 5.69 Å². The molecule has 1 fully saturated rings. The number of nitrogens with one attached hydrogen (secondary N) is 1. The van der Waals surface area contributed by atoms with Gasteiger partial charge < -0.3 is 5.32 Å². The SMILES string of the molecule is O=C(CCN1C(=O)CCC1=O)NCc1cnn(-c2ccccc2)c1. The first-order valence-electron chi connectivity index (χ1n) is 7.82. The van der Waals surface area contributed by atoms with E-state index in [0.717, 1.165) is 16.2 Å². The van der Waals surface area contributed by atoms with E-state index in [9.17, 15) is 14.4 Å². The van der Waals surface area contributed by atoms with Crippen molar-refractivity contribution in [2.24, 2.45) is 0 Å². The van der Waals surface area contributed by atoms with E-state index in [4.69, 9.17) is 0 Å². The van der Waals surface area contributed by atoms with Crippen molar-refractivity contribution in [3.8, 4) is 5.69 Å². The van der Waals surface area contributed by atoms with E-state index >= 15 is 0 Å². The highest BCUT2D eigenvalue weighted by molar-refractivity contribution is 6.02. The summed E-state index contributed by atoms with van der Waals surface area (Å²) in [6.07, 6.45) is 4.16. The third-order valence-corrected chi connectivity index (χ3v) is 3.86. The molecule has 0 atom stereocenters. The molecule has 124 valence electrons. The Morgan fingerprint density at radius 2 is 1.83 bits per heavy atom. The van der Waals surface area contributed by atoms with Crippen molar-refractivity contribution in [2.75, 3.05) is 6.54 Å². The molecule has 2 aromatic rings. The van der Waals surface area contributed by atoms with Gasteiger partial charge in [-0.3, -0.25) is 19.3 Å². The molecule has 0 saturated carbocycles. The fourth-order valence-corrected chi connectivity index (χ4v) is 2.55. The summed E-state index contributed by atoms with van der Waals surface area (Å²) in [5, 5.41) is 7.04. The lowest BCUT2D eigenvalue weighted by molar-refractivity contribution is -0.138. The molecular formula is C17H18N4O3. The largest absolute Gasteiger partial charge is 0.352 e. The third-order valence-electron chi connectivity index (χ3n) is 3.86. The maximum atomic E-state index is 11.9. The first-order valence-corrected chi connectivity index (χ1v) is 7.82. The van der Waals surface area contributed by atoms with Crippen molar-refractivity contribution >= 4 is 17.7 Å². The van der Waals surface area contributed by atoms with Crippen LogP contribution in [0.5, 0.6) is 0 Å². The van der Waals surface area contributed by atoms with Crippen LogP contribution in [0, 0.1) is 0 Å². The number of imide groups is 1. The standard InChI is InChI=1S/C17H18N4O3/c22-15(8-9-20-16(23)6-7-17(20)24)18-10-13-11-19-21(12-13)14-4-2-1-3-5-14/h1-5,11-12H,6-10H2,(H,18,22). The molecule has 0 unspecified atom stereocenters. The zero-order valence-electron chi connectivity index (χ0n) is 13.1. The minimum absolute atomic E-state index is 0.115. The first-order chi connectivity index (χ1) is 11.6. The molecule has 1 saturated heterocycles. The van der Waals surface area contributed by atoms with Crippen LogP contribution in [0.15, 0.2) is 42.7 Å². The summed E-state index contributed by atoms with van der Waals surface area (Å²) in [6.45, 7) is 0.500. The maximum Gasteiger partial charge on any atom is 0.229 e. The molecule has 2 heterocycles. The van der Waals surface area contributed by atoms with Crippen molar-refractivity contribution in [2.45, 2.75) is 25.8 Å². The highest BCUT2D eigenvalue weighted by Crippen LogP contribution is 2.12. The van der Waals surface area contributed by atoms with Gasteiger partial charge in [0.15, 0.2) is 0 Å². The summed E-state index contributed by atoms with van der Waals surface area (Å²) in [5.41, 5.74) is 1.82. The van der Waals surface area contributed by atoms with Gasteiger partial charge >= 0.3 is 0 Å². The molecule has 0 aliphatic carbocycles. The van der Waals surface area contributed by atoms with Gasteiger partial charge in [0.05, 0.1) is 11.9 Å². The van der Waals surface area contributed by atoms with Gasteiger partial charge in [0, 0.05) is 44.1 Å². The Labute approximate surface area is 139 Å². The lowest BCUT2D eigenvalue weighted by atomic mass is 10.3. The Kier molecular flexibility index (Phi) is 4.69. The molecule has 3 rings (SSSR count). The Morgan fingerprint density at radius 1 is 1.12 bits per heavy atom. The zero-order valence-corrected chi connectivity index (χ0v) is 13.1. The van der Waals surface area contributed by atoms with Crippen LogP contribution >= 0.6 is 0 Å². The number of carbonyl (C=O) groups excluding carboxylic acids is 3. The molecular weight excluding hydrogens is 308 g/mol. The van der Waals surface area contributed by atoms with Gasteiger partial charge in [0.1, 0.15) is 0 Å². The van der Waals surface area contributed by atoms with E-state index in [1.165, 1.54) is 0 Å². The lowest BCUT2D eigenvalue weighted by Gasteiger charge is -2.13. The Balaban J connectivity index is 1.47. The van der Waals surface area contributed by atoms with Gasteiger partial charge in [-0.25, -0.2) is 4.68 Å². The van der Waals surface area contributed by atoms with Crippen LogP contribution in [0.4, 0.5) is 0 Å². The van der Waals surface area contributed by atoms with Gasteiger partial charge in [-0.05, 0) is 12.1 Å². The van der Waals surface area contributed by atoms with E-state index in [1.54, 1.807) is 10.9 Å². The molecule has 1 aromatic carbocycles. The lowest BCUT2D eigenvalue weighted by Crippen LogP contribution is -2.33. The summed E-state index contributed by atoms with van der Waals surface area (Å²) in [5.74, 6) is -0.594. The number of amides is 3. The average Bonchev–Trinajstić information content (AvgIpc) is 3.19. The van der Waals surface area contributed by atoms with Crippen molar-refractivity contribution in [3.05, 3.63) is 48.3 Å². The van der Waals surface area contributed by atoms with Crippen molar-refractivity contribution in [1.82, 2.24) is 20.0 Å². The number of rotatable bonds is 6. The highest BCUT2D eigenvalue weighted by atomic mass is 16.2. The number of hydrogen-bond donors (Lipinski definition) is 1. The van der Waals surface area contributed by atoms with E-state index in [1.807, 2.05) is 36.5 Å². The second kappa shape index (κ2) is 7.08. The molecule has 7 nitrogen and oxygen atoms in total. The highest BCUT2D eigenvalue weighted by Gasteiger charge is 2.28. The van der Waals surface area contributed by atoms with Gasteiger partial charge in [-0.2, -0.15) is 5.10 Å². The van der Waals surface area contributed by atoms with E-state index < -0.39 is 0 Å². The number of nitrogens with zero attached hydrogens (tertiary/aromatic N) is 3. The number of likely N-dealkylation sites (tertiary alicyclic amines) is 1. The Bertz CT molecular complexity index is 738. The smallest absolute Gasteiger partial charge is 0.229 e. The zero-order chi connectivity index (χ0) is 16.9. The van der Waals surface area contributed by atoms with Gasteiger partial charge in [-0.1, -0.05) is 18.2 Å². The first kappa shape index (κ1) is 15.9. The molecule has 0 spiro atoms. The van der Waals surface area contributed by atoms with Crippen LogP contribution in [0.3, 0.4) is 0 Å². The van der Waals surface area contributed by atoms with Crippen LogP contribution in [-0.2, 0) is 20.9 Å². The molecule has 1 aliphatic heterocycles. The molecule has 24 heavy (non-hydrogen) atoms. The fourth-order valence-electron chi connectivity index (χ4n) is 2.55. The average molecular weight is 326 g/mol. The fraction of sp³-hybridized carbons (Fsp3) is 0.294. The second-order valence-electron chi connectivity index (χ2n) is 5.59. The summed E-state index contributed by atoms with van der Waals surface area (Å²) in [7, 11) is 0. The minimum atomic E-state index is -0.199. The van der Waals surface area contributed by atoms with E-state index in [2.05, 4.69) is 10.4 Å². The Morgan fingerprint density at radius 3 is 2.54 bits per heavy atom. The van der Waals surface area contributed by atoms with Crippen LogP contribution < -0.4 is 5.32 Å². The summed E-state index contributed by atoms with van der Waals surface area (Å²) >= 11 is 0. The summed E-state index contributed by atoms with van der Waals surface area (Å²) in [4.78, 5) is 36.0. The minimum Gasteiger partial charge on any atom is -0.352 e. The van der Waals surface area contributed by atoms with Gasteiger partial charge in [0.2, 0.25) is 17.7 Å². The number of para-hydroxylation sites is 1. The number of carbonyl (C=O) groups is 3. The predicted octanol–water partition coefficient (Wildman–Crippen LogP) is 1.03. The number of aromatic nitrogens is 2. The molecule has 1 N–H and O–H groups in total. The molecule has 0 bridgehead atoms. The monoisotopic (exact) mass is 326 g/mol. The molecule has 0 radical (unpaired) electrons. The maximum absolute atomic E-state index is 11.9. The summed E-state index contributed by atoms with van der Waals surface area (Å²) in [6, 6.07) is 9.68. The van der Waals surface area contributed by atoms with Crippen molar-refractivity contribution in [1.29, 1.82) is 0 Å². The van der Waals surface area contributed by atoms with Crippen LogP contribution in [0.2, 0.25) is 0 Å². The normalized spacial score (nSPS) is 14.2. The van der Waals surface area contributed by atoms with E-state index in [-0.39, 0.29) is 43.5 Å². The second-order valence-corrected chi connectivity index (χ2v) is 5.59. The predicted molar refractivity (Wildman–Crippen MR) is 86.0 cm³/mol. The van der Waals surface area contributed by atoms with Crippen molar-refractivity contribution < 1.29 is 14.4 Å². The molecule has 7 heteroatoms. The topological polar surface area (TPSA) is 84.3 Å². The quantitative estimate of drug-likeness (QED) is 0.804. The van der Waals surface area contributed by atoms with Gasteiger partial charge in [0.25, 0.3) is 0 Å². The van der Waals surface area contributed by atoms with E-state index in [0.29, 0.717) is 6.54 Å². The van der Waals surface area contributed by atoms with Crippen molar-refractivity contribution in [3.63, 3.8) is 0 Å². The number of hydrogen-bond acceptors (Lipinski definition) is 4. The van der Waals surface area contributed by atoms with Gasteiger partial charge in [-0.15, -0.1) is 0 Å². The molecule has 1 aliphatic rings. The Hall–Kier alpha value is -2.96. The van der Waals surface area contributed by atoms with Crippen LogP contribution in [-0.4, -0.2) is 38.9 Å². The third kappa shape index (κ3) is 3.68. The molecule has 1 aromatic heterocycles. The van der Waals surface area contributed by atoms with Crippen LogP contribution in [0.1, 0.15) is 24.8 Å². The number of benzene rings is 1. The summed E-state index contributed by atoms with van der Waals surface area (Å²) < 4.78 is 1.74.